The lowest BCUT2D eigenvalue weighted by atomic mass is 10.0. The summed E-state index contributed by atoms with van der Waals surface area (Å²) in [5.41, 5.74) is 2.10. The summed E-state index contributed by atoms with van der Waals surface area (Å²) in [6.45, 7) is 4.94. The molecule has 1 saturated heterocycles. The lowest BCUT2D eigenvalue weighted by Crippen LogP contribution is -2.47. The highest BCUT2D eigenvalue weighted by Gasteiger charge is 2.25. The van der Waals surface area contributed by atoms with Gasteiger partial charge in [-0.15, -0.1) is 0 Å². The van der Waals surface area contributed by atoms with Crippen molar-refractivity contribution in [1.82, 2.24) is 15.1 Å². The van der Waals surface area contributed by atoms with Crippen LogP contribution in [0.2, 0.25) is 0 Å². The van der Waals surface area contributed by atoms with Crippen LogP contribution in [0.5, 0.6) is 0 Å². The third-order valence-corrected chi connectivity index (χ3v) is 4.82. The van der Waals surface area contributed by atoms with Crippen LogP contribution in [0.4, 0.5) is 0 Å². The minimum Gasteiger partial charge on any atom is -0.352 e. The van der Waals surface area contributed by atoms with Gasteiger partial charge in [-0.1, -0.05) is 48.5 Å². The summed E-state index contributed by atoms with van der Waals surface area (Å²) in [7, 11) is 2.19. The first-order chi connectivity index (χ1) is 12.2. The van der Waals surface area contributed by atoms with E-state index in [0.29, 0.717) is 12.6 Å². The molecule has 0 aromatic heterocycles. The number of benzene rings is 2. The second-order valence-electron chi connectivity index (χ2n) is 6.70. The monoisotopic (exact) mass is 337 g/mol. The molecule has 0 radical (unpaired) electrons. The van der Waals surface area contributed by atoms with Gasteiger partial charge in [-0.05, 0) is 31.2 Å². The Morgan fingerprint density at radius 3 is 2.44 bits per heavy atom. The molecule has 0 bridgehead atoms. The van der Waals surface area contributed by atoms with E-state index in [9.17, 15) is 4.79 Å². The average Bonchev–Trinajstić information content (AvgIpc) is 2.67. The van der Waals surface area contributed by atoms with Crippen molar-refractivity contribution in [2.24, 2.45) is 0 Å². The van der Waals surface area contributed by atoms with E-state index in [1.54, 1.807) is 0 Å². The average molecular weight is 337 g/mol. The van der Waals surface area contributed by atoms with Gasteiger partial charge in [-0.3, -0.25) is 9.69 Å². The molecule has 1 amide bonds. The summed E-state index contributed by atoms with van der Waals surface area (Å²) >= 11 is 0. The molecule has 1 heterocycles. The fraction of sp³-hybridized carbons (Fsp3) is 0.381. The maximum absolute atomic E-state index is 12.1. The summed E-state index contributed by atoms with van der Waals surface area (Å²) in [6.07, 6.45) is 0.964. The number of nitrogens with zero attached hydrogens (tertiary/aromatic N) is 2. The first-order valence-corrected chi connectivity index (χ1v) is 9.05. The van der Waals surface area contributed by atoms with Crippen LogP contribution in [0.3, 0.4) is 0 Å². The van der Waals surface area contributed by atoms with E-state index >= 15 is 0 Å². The Balaban J connectivity index is 1.50. The molecule has 1 N–H and O–H groups in total. The van der Waals surface area contributed by atoms with Crippen molar-refractivity contribution in [3.05, 3.63) is 71.8 Å². The SMILES string of the molecule is CN1CCN(CCCNC(=O)c2ccccc2)[C@@H](c2ccccc2)C1. The summed E-state index contributed by atoms with van der Waals surface area (Å²) in [5.74, 6) is 0.0126. The van der Waals surface area contributed by atoms with Gasteiger partial charge in [0.25, 0.3) is 5.91 Å². The van der Waals surface area contributed by atoms with Gasteiger partial charge in [-0.2, -0.15) is 0 Å². The Morgan fingerprint density at radius 1 is 1.04 bits per heavy atom. The van der Waals surface area contributed by atoms with Crippen LogP contribution >= 0.6 is 0 Å². The van der Waals surface area contributed by atoms with Gasteiger partial charge in [0.05, 0.1) is 0 Å². The van der Waals surface area contributed by atoms with Crippen LogP contribution in [0, 0.1) is 0 Å². The molecule has 1 aliphatic heterocycles. The number of piperazine rings is 1. The zero-order chi connectivity index (χ0) is 17.5. The zero-order valence-electron chi connectivity index (χ0n) is 14.9. The maximum Gasteiger partial charge on any atom is 0.251 e. The molecule has 25 heavy (non-hydrogen) atoms. The van der Waals surface area contributed by atoms with Crippen molar-refractivity contribution < 1.29 is 4.79 Å². The first kappa shape index (κ1) is 17.6. The number of amides is 1. The Bertz CT molecular complexity index is 659. The Kier molecular flexibility index (Phi) is 6.20. The lowest BCUT2D eigenvalue weighted by Gasteiger charge is -2.40. The number of hydrogen-bond acceptors (Lipinski definition) is 3. The number of carbonyl (C=O) groups excluding carboxylic acids is 1. The number of hydrogen-bond donors (Lipinski definition) is 1. The first-order valence-electron chi connectivity index (χ1n) is 9.05. The van der Waals surface area contributed by atoms with E-state index in [2.05, 4.69) is 52.5 Å². The van der Waals surface area contributed by atoms with Gasteiger partial charge in [-0.25, -0.2) is 0 Å². The van der Waals surface area contributed by atoms with Gasteiger partial charge in [0.1, 0.15) is 0 Å². The molecule has 2 aromatic rings. The fourth-order valence-corrected chi connectivity index (χ4v) is 3.39. The van der Waals surface area contributed by atoms with Crippen molar-refractivity contribution in [1.29, 1.82) is 0 Å². The largest absolute Gasteiger partial charge is 0.352 e. The highest BCUT2D eigenvalue weighted by atomic mass is 16.1. The standard InChI is InChI=1S/C21H27N3O/c1-23-15-16-24(20(17-23)18-9-4-2-5-10-18)14-8-13-22-21(25)19-11-6-3-7-12-19/h2-7,9-12,20H,8,13-17H2,1H3,(H,22,25)/t20-/m1/s1. The number of likely N-dealkylation sites (N-methyl/N-ethyl adjacent to an activating group) is 1. The van der Waals surface area contributed by atoms with Crippen LogP contribution in [0.25, 0.3) is 0 Å². The molecule has 0 saturated carbocycles. The summed E-state index contributed by atoms with van der Waals surface area (Å²) < 4.78 is 0. The second kappa shape index (κ2) is 8.79. The third kappa shape index (κ3) is 4.91. The molecule has 4 heteroatoms. The molecular formula is C21H27N3O. The highest BCUT2D eigenvalue weighted by molar-refractivity contribution is 5.94. The van der Waals surface area contributed by atoms with Crippen molar-refractivity contribution >= 4 is 5.91 Å². The summed E-state index contributed by atoms with van der Waals surface area (Å²) in [4.78, 5) is 17.0. The van der Waals surface area contributed by atoms with E-state index in [0.717, 1.165) is 38.2 Å². The minimum absolute atomic E-state index is 0.0126. The number of nitrogens with one attached hydrogen (secondary N) is 1. The van der Waals surface area contributed by atoms with Gasteiger partial charge in [0, 0.05) is 44.3 Å². The minimum atomic E-state index is 0.0126. The van der Waals surface area contributed by atoms with Crippen molar-refractivity contribution in [2.45, 2.75) is 12.5 Å². The lowest BCUT2D eigenvalue weighted by molar-refractivity contribution is 0.0866. The molecule has 1 fully saturated rings. The number of rotatable bonds is 6. The highest BCUT2D eigenvalue weighted by Crippen LogP contribution is 2.24. The molecule has 3 rings (SSSR count). The number of carbonyl (C=O) groups is 1. The van der Waals surface area contributed by atoms with Crippen LogP contribution in [0.1, 0.15) is 28.4 Å². The van der Waals surface area contributed by atoms with E-state index < -0.39 is 0 Å². The molecular weight excluding hydrogens is 310 g/mol. The Labute approximate surface area is 150 Å². The molecule has 4 nitrogen and oxygen atoms in total. The van der Waals surface area contributed by atoms with E-state index in [-0.39, 0.29) is 5.91 Å². The smallest absolute Gasteiger partial charge is 0.251 e. The maximum atomic E-state index is 12.1. The van der Waals surface area contributed by atoms with Gasteiger partial charge in [0.15, 0.2) is 0 Å². The van der Waals surface area contributed by atoms with Crippen LogP contribution in [-0.4, -0.2) is 55.5 Å². The predicted molar refractivity (Wildman–Crippen MR) is 102 cm³/mol. The summed E-state index contributed by atoms with van der Waals surface area (Å²) in [6, 6.07) is 20.6. The Hall–Kier alpha value is -2.17. The van der Waals surface area contributed by atoms with Gasteiger partial charge >= 0.3 is 0 Å². The zero-order valence-corrected chi connectivity index (χ0v) is 14.9. The third-order valence-electron chi connectivity index (χ3n) is 4.82. The van der Waals surface area contributed by atoms with Gasteiger partial charge < -0.3 is 10.2 Å². The Morgan fingerprint density at radius 2 is 1.72 bits per heavy atom. The molecule has 1 atom stereocenters. The van der Waals surface area contributed by atoms with Gasteiger partial charge in [0.2, 0.25) is 0 Å². The van der Waals surface area contributed by atoms with Crippen molar-refractivity contribution in [3.8, 4) is 0 Å². The summed E-state index contributed by atoms with van der Waals surface area (Å²) in [5, 5.41) is 3.03. The van der Waals surface area contributed by atoms with Crippen LogP contribution < -0.4 is 5.32 Å². The molecule has 0 unspecified atom stereocenters. The van der Waals surface area contributed by atoms with E-state index in [1.165, 1.54) is 5.56 Å². The predicted octanol–water partition coefficient (Wildman–Crippen LogP) is 2.80. The second-order valence-corrected chi connectivity index (χ2v) is 6.70. The molecule has 0 spiro atoms. The van der Waals surface area contributed by atoms with Crippen LogP contribution in [-0.2, 0) is 0 Å². The van der Waals surface area contributed by atoms with E-state index in [1.807, 2.05) is 30.3 Å². The topological polar surface area (TPSA) is 35.6 Å². The molecule has 1 aliphatic rings. The van der Waals surface area contributed by atoms with Crippen LogP contribution in [0.15, 0.2) is 60.7 Å². The normalized spacial score (nSPS) is 18.8. The molecule has 0 aliphatic carbocycles. The molecule has 132 valence electrons. The fourth-order valence-electron chi connectivity index (χ4n) is 3.39. The molecule has 2 aromatic carbocycles. The van der Waals surface area contributed by atoms with Crippen molar-refractivity contribution in [2.75, 3.05) is 39.8 Å². The quantitative estimate of drug-likeness (QED) is 0.824. The van der Waals surface area contributed by atoms with E-state index in [4.69, 9.17) is 0 Å². The van der Waals surface area contributed by atoms with Crippen molar-refractivity contribution in [3.63, 3.8) is 0 Å².